The van der Waals surface area contributed by atoms with Gasteiger partial charge in [-0.05, 0) is 50.6 Å². The molecule has 4 rings (SSSR count). The quantitative estimate of drug-likeness (QED) is 0.473. The first-order valence-corrected chi connectivity index (χ1v) is 5.68. The highest BCUT2D eigenvalue weighted by atomic mass is 14.1. The van der Waals surface area contributed by atoms with Crippen LogP contribution in [-0.2, 0) is 0 Å². The van der Waals surface area contributed by atoms with E-state index < -0.39 is 0 Å². The Balaban J connectivity index is 2.61. The molecule has 0 nitrogen and oxygen atoms in total. The van der Waals surface area contributed by atoms with Crippen LogP contribution < -0.4 is 31.3 Å². The second-order valence-electron chi connectivity index (χ2n) is 4.41. The highest BCUT2D eigenvalue weighted by Crippen LogP contribution is 1.89. The van der Waals surface area contributed by atoms with E-state index in [2.05, 4.69) is 36.5 Å². The fourth-order valence-corrected chi connectivity index (χ4v) is 3.07. The van der Waals surface area contributed by atoms with Gasteiger partial charge in [0.05, 0.1) is 0 Å². The van der Waals surface area contributed by atoms with Crippen molar-refractivity contribution in [2.75, 3.05) is 0 Å². The van der Waals surface area contributed by atoms with Crippen molar-refractivity contribution in [1.29, 1.82) is 0 Å². The topological polar surface area (TPSA) is 0 Å². The lowest BCUT2D eigenvalue weighted by Crippen LogP contribution is -2.62. The minimum absolute atomic E-state index is 1.11. The maximum atomic E-state index is 2.37. The van der Waals surface area contributed by atoms with Gasteiger partial charge in [0.2, 0.25) is 0 Å². The van der Waals surface area contributed by atoms with Crippen LogP contribution >= 0.6 is 0 Å². The second kappa shape index (κ2) is 2.52. The molecule has 0 aromatic heterocycles. The molecule has 3 aliphatic carbocycles. The number of hydrogen-bond donors (Lipinski definition) is 0. The van der Waals surface area contributed by atoms with Crippen LogP contribution in [0.5, 0.6) is 0 Å². The summed E-state index contributed by atoms with van der Waals surface area (Å²) in [5.74, 6) is 0. The van der Waals surface area contributed by atoms with E-state index in [1.54, 1.807) is 0 Å². The molecule has 0 spiro atoms. The zero-order chi connectivity index (χ0) is 9.83. The van der Waals surface area contributed by atoms with Crippen LogP contribution in [0.3, 0.4) is 0 Å². The second-order valence-corrected chi connectivity index (χ2v) is 4.41. The Hall–Kier alpha value is -1.56. The molecular formula is C15H12. The largest absolute Gasteiger partial charge is 0.0722 e. The van der Waals surface area contributed by atoms with E-state index in [0.717, 1.165) is 19.3 Å². The van der Waals surface area contributed by atoms with Crippen LogP contribution in [-0.4, -0.2) is 0 Å². The van der Waals surface area contributed by atoms with E-state index in [1.807, 2.05) is 0 Å². The van der Waals surface area contributed by atoms with E-state index in [0.29, 0.717) is 0 Å². The van der Waals surface area contributed by atoms with Crippen molar-refractivity contribution in [3.8, 4) is 0 Å². The van der Waals surface area contributed by atoms with E-state index in [-0.39, 0.29) is 0 Å². The van der Waals surface area contributed by atoms with Gasteiger partial charge in [0, 0.05) is 0 Å². The zero-order valence-corrected chi connectivity index (χ0v) is 8.59. The molecule has 15 heavy (non-hydrogen) atoms. The van der Waals surface area contributed by atoms with E-state index in [1.165, 1.54) is 31.3 Å². The summed E-state index contributed by atoms with van der Waals surface area (Å²) in [5.41, 5.74) is 0. The average Bonchev–Trinajstić information content (AvgIpc) is 2.97. The minimum Gasteiger partial charge on any atom is -0.0722 e. The molecule has 0 unspecified atom stereocenters. The van der Waals surface area contributed by atoms with E-state index in [4.69, 9.17) is 0 Å². The van der Waals surface area contributed by atoms with Gasteiger partial charge in [-0.25, -0.2) is 0 Å². The molecule has 0 saturated carbocycles. The first-order valence-electron chi connectivity index (χ1n) is 5.68. The van der Waals surface area contributed by atoms with Crippen molar-refractivity contribution < 1.29 is 0 Å². The summed E-state index contributed by atoms with van der Waals surface area (Å²) in [5, 5.41) is 8.94. The first kappa shape index (κ1) is 7.70. The average molecular weight is 192 g/mol. The fraction of sp³-hybridized carbons (Fsp3) is 0.200. The lowest BCUT2D eigenvalue weighted by atomic mass is 10.1. The van der Waals surface area contributed by atoms with Crippen LogP contribution in [0.2, 0.25) is 0 Å². The van der Waals surface area contributed by atoms with E-state index in [9.17, 15) is 0 Å². The van der Waals surface area contributed by atoms with Gasteiger partial charge in [0.25, 0.3) is 0 Å². The summed E-state index contributed by atoms with van der Waals surface area (Å²) in [4.78, 5) is 0. The number of benzene rings is 1. The molecular weight excluding hydrogens is 180 g/mol. The smallest absolute Gasteiger partial charge is 0.0142 e. The van der Waals surface area contributed by atoms with Gasteiger partial charge in [0.1, 0.15) is 0 Å². The van der Waals surface area contributed by atoms with Gasteiger partial charge < -0.3 is 0 Å². The molecule has 0 bridgehead atoms. The third-order valence-electron chi connectivity index (χ3n) is 3.67. The summed E-state index contributed by atoms with van der Waals surface area (Å²) in [6.45, 7) is 0. The molecule has 0 saturated heterocycles. The monoisotopic (exact) mass is 192 g/mol. The third kappa shape index (κ3) is 0.829. The zero-order valence-electron chi connectivity index (χ0n) is 8.59. The molecule has 0 aliphatic heterocycles. The van der Waals surface area contributed by atoms with Crippen LogP contribution in [0, 0.1) is 0 Å². The summed E-state index contributed by atoms with van der Waals surface area (Å²) in [6.07, 6.45) is 17.6. The summed E-state index contributed by atoms with van der Waals surface area (Å²) in [6, 6.07) is 0. The van der Waals surface area contributed by atoms with Gasteiger partial charge in [-0.1, -0.05) is 36.5 Å². The van der Waals surface area contributed by atoms with Crippen molar-refractivity contribution in [2.45, 2.75) is 19.3 Å². The molecule has 0 fully saturated rings. The summed E-state index contributed by atoms with van der Waals surface area (Å²) in [7, 11) is 0. The SMILES string of the molecule is C1=c2c3c(c4c(c2=CC1)=CCC=4)=CCC=3. The Morgan fingerprint density at radius 3 is 0.800 bits per heavy atom. The molecule has 0 N–H and O–H groups in total. The summed E-state index contributed by atoms with van der Waals surface area (Å²) >= 11 is 0. The Kier molecular flexibility index (Phi) is 1.29. The lowest BCUT2D eigenvalue weighted by molar-refractivity contribution is 1.34. The third-order valence-corrected chi connectivity index (χ3v) is 3.67. The van der Waals surface area contributed by atoms with Gasteiger partial charge in [-0.2, -0.15) is 0 Å². The lowest BCUT2D eigenvalue weighted by Gasteiger charge is -1.92. The fourth-order valence-electron chi connectivity index (χ4n) is 3.07. The van der Waals surface area contributed by atoms with Gasteiger partial charge in [-0.3, -0.25) is 0 Å². The van der Waals surface area contributed by atoms with Gasteiger partial charge in [0.15, 0.2) is 0 Å². The normalized spacial score (nSPS) is 18.4. The molecule has 72 valence electrons. The number of rotatable bonds is 0. The predicted molar refractivity (Wildman–Crippen MR) is 64.8 cm³/mol. The minimum atomic E-state index is 1.11. The number of hydrogen-bond acceptors (Lipinski definition) is 0. The highest BCUT2D eigenvalue weighted by molar-refractivity contribution is 5.59. The Labute approximate surface area is 87.6 Å². The van der Waals surface area contributed by atoms with Crippen LogP contribution in [0.1, 0.15) is 19.3 Å². The molecule has 0 radical (unpaired) electrons. The molecule has 1 aromatic rings. The molecule has 0 amide bonds. The highest BCUT2D eigenvalue weighted by Gasteiger charge is 2.06. The van der Waals surface area contributed by atoms with Crippen LogP contribution in [0.25, 0.3) is 36.5 Å². The number of fused-ring (bicyclic) bond motifs is 6. The maximum Gasteiger partial charge on any atom is -0.0142 e. The van der Waals surface area contributed by atoms with Gasteiger partial charge >= 0.3 is 0 Å². The molecule has 0 heteroatoms. The Bertz CT molecular complexity index is 597. The van der Waals surface area contributed by atoms with E-state index >= 15 is 0 Å². The molecule has 0 heterocycles. The van der Waals surface area contributed by atoms with Crippen molar-refractivity contribution in [2.24, 2.45) is 0 Å². The van der Waals surface area contributed by atoms with Crippen molar-refractivity contribution in [3.05, 3.63) is 31.3 Å². The predicted octanol–water partition coefficient (Wildman–Crippen LogP) is -1.42. The standard InChI is InChI=1S/C15H12/c1-4-10-11(5-1)13-7-3-9-15(13)14-8-2-6-12(10)14/h4-9H,1-3H2. The van der Waals surface area contributed by atoms with Crippen molar-refractivity contribution >= 4 is 36.5 Å². The Morgan fingerprint density at radius 1 is 0.400 bits per heavy atom. The first-order chi connectivity index (χ1) is 7.45. The summed E-state index contributed by atoms with van der Waals surface area (Å²) < 4.78 is 0. The molecule has 0 atom stereocenters. The van der Waals surface area contributed by atoms with Crippen LogP contribution in [0.15, 0.2) is 0 Å². The van der Waals surface area contributed by atoms with Gasteiger partial charge in [-0.15, -0.1) is 0 Å². The van der Waals surface area contributed by atoms with Crippen molar-refractivity contribution in [3.63, 3.8) is 0 Å². The van der Waals surface area contributed by atoms with Crippen LogP contribution in [0.4, 0.5) is 0 Å². The molecule has 3 aliphatic rings. The Morgan fingerprint density at radius 2 is 0.600 bits per heavy atom. The molecule has 1 aromatic carbocycles. The maximum absolute atomic E-state index is 2.37. The van der Waals surface area contributed by atoms with Crippen molar-refractivity contribution in [1.82, 2.24) is 0 Å².